The third-order valence-corrected chi connectivity index (χ3v) is 5.40. The van der Waals surface area contributed by atoms with Crippen LogP contribution >= 0.6 is 12.2 Å². The first kappa shape index (κ1) is 18.4. The van der Waals surface area contributed by atoms with Crippen LogP contribution in [0.2, 0.25) is 0 Å². The average molecular weight is 391 g/mol. The third-order valence-electron chi connectivity index (χ3n) is 4.94. The normalized spacial score (nSPS) is 13.4. The van der Waals surface area contributed by atoms with Crippen molar-refractivity contribution >= 4 is 28.8 Å². The first-order valence-electron chi connectivity index (χ1n) is 9.31. The molecular weight excluding hydrogens is 368 g/mol. The van der Waals surface area contributed by atoms with Gasteiger partial charge in [0.25, 0.3) is 5.91 Å². The number of aryl methyl sites for hydroxylation is 2. The van der Waals surface area contributed by atoms with E-state index >= 15 is 0 Å². The number of carbonyl (C=O) groups excluding carboxylic acids is 1. The summed E-state index contributed by atoms with van der Waals surface area (Å²) in [5.41, 5.74) is 11.6. The van der Waals surface area contributed by atoms with Gasteiger partial charge in [-0.15, -0.1) is 0 Å². The maximum absolute atomic E-state index is 12.4. The molecule has 3 N–H and O–H groups in total. The molecule has 0 saturated heterocycles. The lowest BCUT2D eigenvalue weighted by atomic mass is 10.0. The van der Waals surface area contributed by atoms with Gasteiger partial charge < -0.3 is 11.1 Å². The first-order valence-corrected chi connectivity index (χ1v) is 9.71. The molecule has 0 atom stereocenters. The van der Waals surface area contributed by atoms with E-state index in [1.807, 2.05) is 56.3 Å². The fourth-order valence-electron chi connectivity index (χ4n) is 3.14. The quantitative estimate of drug-likeness (QED) is 0.514. The molecule has 6 heteroatoms. The van der Waals surface area contributed by atoms with Gasteiger partial charge in [-0.05, 0) is 49.9 Å². The highest BCUT2D eigenvalue weighted by Crippen LogP contribution is 2.25. The molecule has 2 aromatic carbocycles. The number of hydrogen-bond acceptors (Lipinski definition) is 4. The van der Waals surface area contributed by atoms with Crippen LogP contribution in [-0.2, 0) is 0 Å². The molecule has 1 aliphatic rings. The predicted octanol–water partition coefficient (Wildman–Crippen LogP) is 3.73. The number of hydrogen-bond donors (Lipinski definition) is 2. The molecule has 0 aliphatic heterocycles. The molecule has 1 aliphatic carbocycles. The molecule has 0 spiro atoms. The Bertz CT molecular complexity index is 1080. The molecule has 0 unspecified atom stereocenters. The number of carbonyl (C=O) groups is 1. The minimum atomic E-state index is -0.0648. The highest BCUT2D eigenvalue weighted by atomic mass is 32.1. The van der Waals surface area contributed by atoms with Gasteiger partial charge >= 0.3 is 0 Å². The third kappa shape index (κ3) is 3.55. The Balaban J connectivity index is 1.68. The zero-order valence-corrected chi connectivity index (χ0v) is 16.7. The summed E-state index contributed by atoms with van der Waals surface area (Å²) in [6.07, 6.45) is 3.79. The monoisotopic (exact) mass is 390 g/mol. The smallest absolute Gasteiger partial charge is 0.251 e. The Hall–Kier alpha value is -2.99. The second kappa shape index (κ2) is 7.20. The fourth-order valence-corrected chi connectivity index (χ4v) is 3.43. The number of nitrogens with one attached hydrogen (secondary N) is 1. The standard InChI is InChI=1S/C22H22N4OS/c1-13-4-3-5-15(10-13)20(28)18-12-24-26(21(18)23)19-11-16(7-6-14(19)2)22(27)25-17-8-9-17/h3-7,10-12,17H,8-9,23H2,1-2H3,(H,25,27). The van der Waals surface area contributed by atoms with Crippen molar-refractivity contribution in [1.29, 1.82) is 0 Å². The van der Waals surface area contributed by atoms with Crippen molar-refractivity contribution in [3.63, 3.8) is 0 Å². The zero-order chi connectivity index (χ0) is 19.8. The molecule has 0 radical (unpaired) electrons. The number of amides is 1. The number of thiocarbonyl (C=S) groups is 1. The highest BCUT2D eigenvalue weighted by molar-refractivity contribution is 7.81. The van der Waals surface area contributed by atoms with Crippen LogP contribution in [-0.4, -0.2) is 26.6 Å². The van der Waals surface area contributed by atoms with Crippen LogP contribution in [0.5, 0.6) is 0 Å². The number of nitrogen functional groups attached to an aromatic ring is 1. The van der Waals surface area contributed by atoms with E-state index in [1.165, 1.54) is 0 Å². The average Bonchev–Trinajstić information content (AvgIpc) is 3.41. The SMILES string of the molecule is Cc1cccc(C(=S)c2cnn(-c3cc(C(=O)NC4CC4)ccc3C)c2N)c1. The maximum atomic E-state index is 12.4. The van der Waals surface area contributed by atoms with Gasteiger partial charge in [-0.3, -0.25) is 4.79 Å². The van der Waals surface area contributed by atoms with Crippen molar-refractivity contribution in [3.8, 4) is 5.69 Å². The van der Waals surface area contributed by atoms with Gasteiger partial charge in [0, 0.05) is 11.6 Å². The van der Waals surface area contributed by atoms with E-state index in [0.29, 0.717) is 27.9 Å². The van der Waals surface area contributed by atoms with Gasteiger partial charge in [0.05, 0.1) is 22.3 Å². The second-order valence-corrected chi connectivity index (χ2v) is 7.71. The van der Waals surface area contributed by atoms with E-state index in [4.69, 9.17) is 18.0 Å². The maximum Gasteiger partial charge on any atom is 0.251 e. The summed E-state index contributed by atoms with van der Waals surface area (Å²) in [6.45, 7) is 4.00. The second-order valence-electron chi connectivity index (χ2n) is 7.30. The van der Waals surface area contributed by atoms with Crippen LogP contribution in [0.1, 0.15) is 45.5 Å². The fraction of sp³-hybridized carbons (Fsp3) is 0.227. The van der Waals surface area contributed by atoms with E-state index in [0.717, 1.165) is 35.2 Å². The van der Waals surface area contributed by atoms with Crippen LogP contribution in [0.4, 0.5) is 5.82 Å². The molecule has 0 bridgehead atoms. The van der Waals surface area contributed by atoms with E-state index in [2.05, 4.69) is 10.4 Å². The summed E-state index contributed by atoms with van der Waals surface area (Å²) in [4.78, 5) is 13.1. The van der Waals surface area contributed by atoms with Gasteiger partial charge in [0.1, 0.15) is 5.82 Å². The van der Waals surface area contributed by atoms with Gasteiger partial charge in [0.2, 0.25) is 0 Å². The van der Waals surface area contributed by atoms with Crippen molar-refractivity contribution in [2.45, 2.75) is 32.7 Å². The van der Waals surface area contributed by atoms with Gasteiger partial charge in [-0.25, -0.2) is 4.68 Å². The van der Waals surface area contributed by atoms with Crippen molar-refractivity contribution in [1.82, 2.24) is 15.1 Å². The molecule has 3 aromatic rings. The van der Waals surface area contributed by atoms with Crippen molar-refractivity contribution < 1.29 is 4.79 Å². The summed E-state index contributed by atoms with van der Waals surface area (Å²) in [7, 11) is 0. The van der Waals surface area contributed by atoms with Crippen LogP contribution in [0, 0.1) is 13.8 Å². The largest absolute Gasteiger partial charge is 0.383 e. The van der Waals surface area contributed by atoms with E-state index in [1.54, 1.807) is 10.9 Å². The van der Waals surface area contributed by atoms with Gasteiger partial charge in [-0.2, -0.15) is 5.10 Å². The molecule has 28 heavy (non-hydrogen) atoms. The zero-order valence-electron chi connectivity index (χ0n) is 15.9. The predicted molar refractivity (Wildman–Crippen MR) is 115 cm³/mol. The van der Waals surface area contributed by atoms with Crippen molar-refractivity contribution in [2.75, 3.05) is 5.73 Å². The lowest BCUT2D eigenvalue weighted by molar-refractivity contribution is 0.0951. The Labute approximate surface area is 169 Å². The number of aromatic nitrogens is 2. The minimum Gasteiger partial charge on any atom is -0.383 e. The lowest BCUT2D eigenvalue weighted by Gasteiger charge is -2.11. The van der Waals surface area contributed by atoms with Crippen LogP contribution in [0.15, 0.2) is 48.7 Å². The summed E-state index contributed by atoms with van der Waals surface area (Å²) in [5.74, 6) is 0.402. The molecule has 1 amide bonds. The molecular formula is C22H22N4OS. The van der Waals surface area contributed by atoms with Gasteiger partial charge in [-0.1, -0.05) is 48.1 Å². The summed E-state index contributed by atoms with van der Waals surface area (Å²) in [5, 5.41) is 7.47. The Morgan fingerprint density at radius 2 is 1.96 bits per heavy atom. The van der Waals surface area contributed by atoms with E-state index in [9.17, 15) is 4.79 Å². The molecule has 5 nitrogen and oxygen atoms in total. The first-order chi connectivity index (χ1) is 13.4. The molecule has 4 rings (SSSR count). The topological polar surface area (TPSA) is 72.9 Å². The Morgan fingerprint density at radius 3 is 2.68 bits per heavy atom. The molecule has 1 heterocycles. The summed E-state index contributed by atoms with van der Waals surface area (Å²) < 4.78 is 1.65. The molecule has 1 fully saturated rings. The van der Waals surface area contributed by atoms with E-state index < -0.39 is 0 Å². The summed E-state index contributed by atoms with van der Waals surface area (Å²) >= 11 is 5.65. The van der Waals surface area contributed by atoms with Crippen LogP contribution < -0.4 is 11.1 Å². The number of anilines is 1. The number of nitrogens with zero attached hydrogens (tertiary/aromatic N) is 2. The molecule has 142 valence electrons. The van der Waals surface area contributed by atoms with Gasteiger partial charge in [0.15, 0.2) is 0 Å². The minimum absolute atomic E-state index is 0.0648. The Kier molecular flexibility index (Phi) is 4.73. The number of rotatable bonds is 5. The van der Waals surface area contributed by atoms with Crippen LogP contribution in [0.25, 0.3) is 5.69 Å². The number of nitrogens with two attached hydrogens (primary N) is 1. The lowest BCUT2D eigenvalue weighted by Crippen LogP contribution is -2.25. The van der Waals surface area contributed by atoms with E-state index in [-0.39, 0.29) is 5.91 Å². The molecule has 1 saturated carbocycles. The highest BCUT2D eigenvalue weighted by Gasteiger charge is 2.24. The number of benzene rings is 2. The summed E-state index contributed by atoms with van der Waals surface area (Å²) in [6, 6.07) is 13.9. The Morgan fingerprint density at radius 1 is 1.18 bits per heavy atom. The van der Waals surface area contributed by atoms with Crippen LogP contribution in [0.3, 0.4) is 0 Å². The molecule has 1 aromatic heterocycles. The van der Waals surface area contributed by atoms with Crippen molar-refractivity contribution in [3.05, 3.63) is 76.5 Å². The van der Waals surface area contributed by atoms with Crippen molar-refractivity contribution in [2.24, 2.45) is 0 Å².